The molecule has 0 bridgehead atoms. The highest BCUT2D eigenvalue weighted by Gasteiger charge is 2.68. The first-order chi connectivity index (χ1) is 18.4. The molecule has 260 valence electrons. The second kappa shape index (κ2) is 12.7. The zero-order chi connectivity index (χ0) is 35.1. The number of hydrogen-bond acceptors (Lipinski definition) is 6. The van der Waals surface area contributed by atoms with Gasteiger partial charge >= 0.3 is 64.5 Å². The van der Waals surface area contributed by atoms with Crippen LogP contribution in [0.3, 0.4) is 0 Å². The van der Waals surface area contributed by atoms with Crippen LogP contribution in [0.4, 0.5) is 105 Å². The normalized spacial score (nSPS) is 15.9. The van der Waals surface area contributed by atoms with Gasteiger partial charge in [0, 0.05) is 0 Å². The molecule has 0 unspecified atom stereocenters. The van der Waals surface area contributed by atoms with Crippen molar-refractivity contribution >= 4 is 8.60 Å². The molecule has 43 heavy (non-hydrogen) atoms. The molecule has 0 amide bonds. The average molecular weight is 727 g/mol. The first-order valence-corrected chi connectivity index (χ1v) is 10.1. The molecule has 0 spiro atoms. The molecule has 0 saturated heterocycles. The van der Waals surface area contributed by atoms with Gasteiger partial charge in [-0.25, -0.2) is 0 Å². The van der Waals surface area contributed by atoms with E-state index in [9.17, 15) is 105 Å². The fourth-order valence-electron chi connectivity index (χ4n) is 2.24. The van der Waals surface area contributed by atoms with Crippen molar-refractivity contribution in [3.05, 3.63) is 0 Å². The summed E-state index contributed by atoms with van der Waals surface area (Å²) in [6.07, 6.45) is -42.9. The van der Waals surface area contributed by atoms with Crippen molar-refractivity contribution in [2.75, 3.05) is 19.8 Å². The number of halogens is 24. The van der Waals surface area contributed by atoms with Gasteiger partial charge in [-0.15, -0.1) is 0 Å². The molecule has 0 heterocycles. The molecule has 0 aromatic rings. The Hall–Kier alpha value is -1.49. The summed E-state index contributed by atoms with van der Waals surface area (Å²) in [5.74, 6) is 0. The van der Waals surface area contributed by atoms with Crippen molar-refractivity contribution in [1.82, 2.24) is 14.7 Å². The fraction of sp³-hybridized carbons (Fsp3) is 1.00. The summed E-state index contributed by atoms with van der Waals surface area (Å²) in [5.41, 5.74) is 0. The average Bonchev–Trinajstić information content (AvgIpc) is 2.58. The standard InChI is InChI=1S/C12H6F24N3O3P/c13-4(14,37(7(19,20)21)8(22,23)24)1-40-43(41-2-5(15,16)38(9(25,26)27)10(28,29)30)42-3-6(17,18)39(11(31,32)33)12(34,35)36/h1-3H2. The predicted octanol–water partition coefficient (Wildman–Crippen LogP) is 8.07. The minimum Gasteiger partial charge on any atom is -0.304 e. The molecular formula is C12H6F24N3O3P. The SMILES string of the molecule is FC(F)(F)N(C(F)(F)F)C(F)(F)COP(OCC(F)(F)N(C(F)(F)F)C(F)(F)F)OCC(F)(F)N(C(F)(F)F)C(F)(F)F. The third kappa shape index (κ3) is 12.1. The topological polar surface area (TPSA) is 37.4 Å². The molecule has 6 nitrogen and oxygen atoms in total. The molecule has 0 saturated carbocycles. The van der Waals surface area contributed by atoms with E-state index in [2.05, 4.69) is 13.6 Å². The highest BCUT2D eigenvalue weighted by atomic mass is 31.2. The van der Waals surface area contributed by atoms with Crippen molar-refractivity contribution in [2.24, 2.45) is 0 Å². The number of nitrogens with zero attached hydrogens (tertiary/aromatic N) is 3. The van der Waals surface area contributed by atoms with Gasteiger partial charge in [-0.3, -0.25) is 0 Å². The summed E-state index contributed by atoms with van der Waals surface area (Å²) in [6.45, 7) is -11.0. The number of rotatable bonds is 12. The van der Waals surface area contributed by atoms with E-state index in [-0.39, 0.29) is 0 Å². The second-order valence-electron chi connectivity index (χ2n) is 6.85. The van der Waals surface area contributed by atoms with Crippen molar-refractivity contribution < 1.29 is 119 Å². The Morgan fingerprint density at radius 1 is 0.302 bits per heavy atom. The third-order valence-electron chi connectivity index (χ3n) is 3.53. The summed E-state index contributed by atoms with van der Waals surface area (Å²) < 4.78 is 315. The molecule has 0 radical (unpaired) electrons. The molecular weight excluding hydrogens is 721 g/mol. The van der Waals surface area contributed by atoms with Crippen LogP contribution >= 0.6 is 8.60 Å². The zero-order valence-corrected chi connectivity index (χ0v) is 19.6. The largest absolute Gasteiger partial charge is 0.471 e. The Balaban J connectivity index is 6.44. The smallest absolute Gasteiger partial charge is 0.304 e. The summed E-state index contributed by atoms with van der Waals surface area (Å²) in [4.78, 5) is -11.0. The van der Waals surface area contributed by atoms with E-state index in [1.54, 1.807) is 0 Å². The van der Waals surface area contributed by atoms with Crippen molar-refractivity contribution in [2.45, 2.75) is 55.9 Å². The minimum absolute atomic E-state index is 3.17. The molecule has 0 fully saturated rings. The number of hydrogen-bond donors (Lipinski definition) is 0. The lowest BCUT2D eigenvalue weighted by molar-refractivity contribution is -0.442. The van der Waals surface area contributed by atoms with Crippen LogP contribution in [0.1, 0.15) is 0 Å². The Bertz CT molecular complexity index is 734. The van der Waals surface area contributed by atoms with Crippen LogP contribution < -0.4 is 0 Å². The van der Waals surface area contributed by atoms with Gasteiger partial charge in [-0.2, -0.15) is 105 Å². The first kappa shape index (κ1) is 41.5. The second-order valence-corrected chi connectivity index (χ2v) is 8.08. The van der Waals surface area contributed by atoms with E-state index in [0.29, 0.717) is 0 Å². The van der Waals surface area contributed by atoms with Crippen LogP contribution in [0.2, 0.25) is 0 Å². The molecule has 0 N–H and O–H groups in total. The zero-order valence-electron chi connectivity index (χ0n) is 18.7. The van der Waals surface area contributed by atoms with Crippen LogP contribution in [0.15, 0.2) is 0 Å². The van der Waals surface area contributed by atoms with Crippen molar-refractivity contribution in [3.8, 4) is 0 Å². The third-order valence-corrected chi connectivity index (χ3v) is 4.55. The maximum Gasteiger partial charge on any atom is 0.471 e. The predicted molar refractivity (Wildman–Crippen MR) is 81.5 cm³/mol. The summed E-state index contributed by atoms with van der Waals surface area (Å²) in [5, 5.41) is 0. The van der Waals surface area contributed by atoms with Crippen LogP contribution in [-0.4, -0.2) is 90.5 Å². The molecule has 0 atom stereocenters. The van der Waals surface area contributed by atoms with E-state index in [4.69, 9.17) is 0 Å². The molecule has 0 aliphatic heterocycles. The van der Waals surface area contributed by atoms with E-state index in [1.807, 2.05) is 0 Å². The lowest BCUT2D eigenvalue weighted by Crippen LogP contribution is -2.60. The Morgan fingerprint density at radius 3 is 0.558 bits per heavy atom. The Kier molecular flexibility index (Phi) is 12.3. The molecule has 31 heteroatoms. The van der Waals surface area contributed by atoms with Gasteiger partial charge in [0.25, 0.3) is 0 Å². The molecule has 0 aliphatic rings. The highest BCUT2D eigenvalue weighted by Crippen LogP contribution is 2.50. The summed E-state index contributed by atoms with van der Waals surface area (Å²) in [6, 6.07) is -19.8. The summed E-state index contributed by atoms with van der Waals surface area (Å²) >= 11 is 0. The van der Waals surface area contributed by atoms with Gasteiger partial charge in [0.15, 0.2) is 0 Å². The fourth-order valence-corrected chi connectivity index (χ4v) is 3.25. The van der Waals surface area contributed by atoms with Crippen LogP contribution in [0.5, 0.6) is 0 Å². The Labute approximate surface area is 219 Å². The van der Waals surface area contributed by atoms with E-state index < -0.39 is 99.1 Å². The summed E-state index contributed by atoms with van der Waals surface area (Å²) in [7, 11) is -5.27. The maximum atomic E-state index is 13.6. The number of alkyl halides is 24. The molecule has 0 aromatic heterocycles. The molecule has 0 aromatic carbocycles. The molecule has 0 aliphatic carbocycles. The monoisotopic (exact) mass is 727 g/mol. The van der Waals surface area contributed by atoms with Gasteiger partial charge < -0.3 is 13.6 Å². The van der Waals surface area contributed by atoms with Gasteiger partial charge in [0.05, 0.1) is 0 Å². The molecule has 0 rings (SSSR count). The van der Waals surface area contributed by atoms with Crippen LogP contribution in [0.25, 0.3) is 0 Å². The highest BCUT2D eigenvalue weighted by molar-refractivity contribution is 7.41. The van der Waals surface area contributed by atoms with E-state index in [1.165, 1.54) is 0 Å². The van der Waals surface area contributed by atoms with Gasteiger partial charge in [-0.1, -0.05) is 14.7 Å². The van der Waals surface area contributed by atoms with Gasteiger partial charge in [0.1, 0.15) is 19.8 Å². The van der Waals surface area contributed by atoms with E-state index in [0.717, 1.165) is 0 Å². The first-order valence-electron chi connectivity index (χ1n) is 9.02. The maximum absolute atomic E-state index is 13.6. The minimum atomic E-state index is -7.16. The lowest BCUT2D eigenvalue weighted by atomic mass is 10.5. The Morgan fingerprint density at radius 2 is 0.442 bits per heavy atom. The van der Waals surface area contributed by atoms with E-state index >= 15 is 0 Å². The quantitative estimate of drug-likeness (QED) is 0.115. The van der Waals surface area contributed by atoms with Gasteiger partial charge in [-0.05, 0) is 0 Å². The van der Waals surface area contributed by atoms with Crippen LogP contribution in [-0.2, 0) is 13.6 Å². The van der Waals surface area contributed by atoms with Crippen LogP contribution in [0, 0.1) is 0 Å². The lowest BCUT2D eigenvalue weighted by Gasteiger charge is -2.35. The van der Waals surface area contributed by atoms with Crippen molar-refractivity contribution in [1.29, 1.82) is 0 Å². The van der Waals surface area contributed by atoms with Gasteiger partial charge in [0.2, 0.25) is 0 Å². The van der Waals surface area contributed by atoms with Crippen molar-refractivity contribution in [3.63, 3.8) is 0 Å².